The zero-order valence-electron chi connectivity index (χ0n) is 10.3. The van der Waals surface area contributed by atoms with Crippen LogP contribution in [0.4, 0.5) is 10.1 Å². The lowest BCUT2D eigenvalue weighted by Crippen LogP contribution is -1.99. The summed E-state index contributed by atoms with van der Waals surface area (Å²) in [5.74, 6) is -0.142. The normalized spacial score (nSPS) is 10.2. The first-order chi connectivity index (χ1) is 9.08. The second-order valence-electron chi connectivity index (χ2n) is 4.10. The van der Waals surface area contributed by atoms with E-state index in [2.05, 4.69) is 0 Å². The van der Waals surface area contributed by atoms with Crippen molar-refractivity contribution in [1.29, 1.82) is 0 Å². The number of halogens is 1. The largest absolute Gasteiger partial charge is 0.489 e. The van der Waals surface area contributed by atoms with E-state index in [0.29, 0.717) is 11.3 Å². The predicted octanol–water partition coefficient (Wildman–Crippen LogP) is 3.62. The Kier molecular flexibility index (Phi) is 3.75. The minimum absolute atomic E-state index is 0.166. The van der Waals surface area contributed by atoms with Crippen LogP contribution in [0.2, 0.25) is 0 Å². The van der Waals surface area contributed by atoms with Crippen molar-refractivity contribution in [3.8, 4) is 5.75 Å². The maximum Gasteiger partial charge on any atom is 0.304 e. The third-order valence-corrected chi connectivity index (χ3v) is 2.70. The van der Waals surface area contributed by atoms with E-state index in [4.69, 9.17) is 4.74 Å². The summed E-state index contributed by atoms with van der Waals surface area (Å²) in [4.78, 5) is 9.74. The number of benzene rings is 2. The van der Waals surface area contributed by atoms with Crippen LogP contribution in [0.25, 0.3) is 0 Å². The first-order valence-corrected chi connectivity index (χ1v) is 5.69. The molecule has 98 valence electrons. The zero-order chi connectivity index (χ0) is 13.8. The Morgan fingerprint density at radius 3 is 2.63 bits per heavy atom. The molecular formula is C14H12FNO3. The Bertz CT molecular complexity index is 613. The van der Waals surface area contributed by atoms with Crippen LogP contribution < -0.4 is 4.74 Å². The number of nitrogens with zero attached hydrogens (tertiary/aromatic N) is 1. The van der Waals surface area contributed by atoms with Gasteiger partial charge in [0.1, 0.15) is 12.4 Å². The van der Waals surface area contributed by atoms with Crippen LogP contribution in [0.5, 0.6) is 5.75 Å². The van der Waals surface area contributed by atoms with Gasteiger partial charge in [-0.05, 0) is 36.2 Å². The zero-order valence-corrected chi connectivity index (χ0v) is 10.3. The number of hydrogen-bond acceptors (Lipinski definition) is 3. The molecule has 2 aromatic carbocycles. The Hall–Kier alpha value is -2.43. The Morgan fingerprint density at radius 2 is 2.00 bits per heavy atom. The van der Waals surface area contributed by atoms with Crippen molar-refractivity contribution >= 4 is 5.69 Å². The van der Waals surface area contributed by atoms with E-state index < -0.39 is 16.4 Å². The first kappa shape index (κ1) is 13.0. The molecule has 0 aliphatic carbocycles. The Morgan fingerprint density at radius 1 is 1.26 bits per heavy atom. The molecule has 2 rings (SSSR count). The summed E-state index contributed by atoms with van der Waals surface area (Å²) in [7, 11) is 0. The summed E-state index contributed by atoms with van der Waals surface area (Å²) >= 11 is 0. The van der Waals surface area contributed by atoms with E-state index >= 15 is 0 Å². The smallest absolute Gasteiger partial charge is 0.304 e. The minimum Gasteiger partial charge on any atom is -0.489 e. The average Bonchev–Trinajstić information content (AvgIpc) is 2.37. The van der Waals surface area contributed by atoms with E-state index in [1.807, 2.05) is 31.2 Å². The molecule has 0 fully saturated rings. The summed E-state index contributed by atoms with van der Waals surface area (Å²) in [6, 6.07) is 11.2. The quantitative estimate of drug-likeness (QED) is 0.624. The Balaban J connectivity index is 2.11. The van der Waals surface area contributed by atoms with E-state index in [1.54, 1.807) is 0 Å². The fourth-order valence-electron chi connectivity index (χ4n) is 1.67. The number of para-hydroxylation sites is 1. The highest BCUT2D eigenvalue weighted by molar-refractivity contribution is 5.36. The third kappa shape index (κ3) is 3.07. The van der Waals surface area contributed by atoms with Crippen LogP contribution in [0.1, 0.15) is 11.1 Å². The summed E-state index contributed by atoms with van der Waals surface area (Å²) in [5.41, 5.74) is 0.996. The van der Waals surface area contributed by atoms with Gasteiger partial charge in [-0.25, -0.2) is 0 Å². The van der Waals surface area contributed by atoms with Crippen molar-refractivity contribution in [2.75, 3.05) is 0 Å². The van der Waals surface area contributed by atoms with Crippen molar-refractivity contribution in [3.05, 3.63) is 69.5 Å². The fourth-order valence-corrected chi connectivity index (χ4v) is 1.67. The van der Waals surface area contributed by atoms with Crippen LogP contribution in [0, 0.1) is 22.9 Å². The molecule has 0 atom stereocenters. The lowest BCUT2D eigenvalue weighted by molar-refractivity contribution is -0.387. The van der Waals surface area contributed by atoms with Gasteiger partial charge in [0.15, 0.2) is 0 Å². The summed E-state index contributed by atoms with van der Waals surface area (Å²) < 4.78 is 19.0. The molecule has 0 N–H and O–H groups in total. The standard InChI is InChI=1S/C14H12FNO3/c1-10-4-2-3-5-14(10)19-9-11-6-7-13(16(17)18)12(15)8-11/h2-8H,9H2,1H3. The molecule has 0 saturated heterocycles. The highest BCUT2D eigenvalue weighted by Crippen LogP contribution is 2.21. The molecule has 0 heterocycles. The number of ether oxygens (including phenoxy) is 1. The van der Waals surface area contributed by atoms with Gasteiger partial charge in [-0.15, -0.1) is 0 Å². The lowest BCUT2D eigenvalue weighted by atomic mass is 10.2. The maximum atomic E-state index is 13.4. The highest BCUT2D eigenvalue weighted by atomic mass is 19.1. The molecule has 2 aromatic rings. The van der Waals surface area contributed by atoms with Crippen molar-refractivity contribution in [2.24, 2.45) is 0 Å². The number of rotatable bonds is 4. The van der Waals surface area contributed by atoms with Crippen LogP contribution in [-0.2, 0) is 6.61 Å². The summed E-state index contributed by atoms with van der Waals surface area (Å²) in [5, 5.41) is 10.5. The molecule has 0 radical (unpaired) electrons. The van der Waals surface area contributed by atoms with Gasteiger partial charge in [0, 0.05) is 6.07 Å². The molecule has 0 saturated carbocycles. The van der Waals surface area contributed by atoms with Crippen molar-refractivity contribution < 1.29 is 14.1 Å². The second kappa shape index (κ2) is 5.48. The van der Waals surface area contributed by atoms with Crippen molar-refractivity contribution in [2.45, 2.75) is 13.5 Å². The van der Waals surface area contributed by atoms with E-state index in [0.717, 1.165) is 17.7 Å². The Labute approximate surface area is 109 Å². The molecule has 0 unspecified atom stereocenters. The van der Waals surface area contributed by atoms with Gasteiger partial charge in [0.25, 0.3) is 0 Å². The molecular weight excluding hydrogens is 249 g/mol. The van der Waals surface area contributed by atoms with Gasteiger partial charge < -0.3 is 4.74 Å². The van der Waals surface area contributed by atoms with Gasteiger partial charge in [0.2, 0.25) is 5.82 Å². The number of nitro benzene ring substituents is 1. The monoisotopic (exact) mass is 261 g/mol. The van der Waals surface area contributed by atoms with Gasteiger partial charge in [-0.1, -0.05) is 18.2 Å². The van der Waals surface area contributed by atoms with E-state index in [-0.39, 0.29) is 6.61 Å². The maximum absolute atomic E-state index is 13.4. The molecule has 0 amide bonds. The molecule has 0 aliphatic rings. The van der Waals surface area contributed by atoms with E-state index in [9.17, 15) is 14.5 Å². The van der Waals surface area contributed by atoms with Crippen molar-refractivity contribution in [1.82, 2.24) is 0 Å². The molecule has 0 aliphatic heterocycles. The van der Waals surface area contributed by atoms with Gasteiger partial charge in [0.05, 0.1) is 4.92 Å². The SMILES string of the molecule is Cc1ccccc1OCc1ccc([N+](=O)[O-])c(F)c1. The van der Waals surface area contributed by atoms with Crippen LogP contribution in [-0.4, -0.2) is 4.92 Å². The lowest BCUT2D eigenvalue weighted by Gasteiger charge is -2.08. The molecule has 0 bridgehead atoms. The summed E-state index contributed by atoms with van der Waals surface area (Å²) in [6.07, 6.45) is 0. The highest BCUT2D eigenvalue weighted by Gasteiger charge is 2.13. The van der Waals surface area contributed by atoms with Crippen molar-refractivity contribution in [3.63, 3.8) is 0 Å². The van der Waals surface area contributed by atoms with Gasteiger partial charge in [-0.2, -0.15) is 4.39 Å². The molecule has 0 aromatic heterocycles. The van der Waals surface area contributed by atoms with Crippen LogP contribution in [0.15, 0.2) is 42.5 Å². The second-order valence-corrected chi connectivity index (χ2v) is 4.10. The van der Waals surface area contributed by atoms with Crippen LogP contribution >= 0.6 is 0 Å². The number of nitro groups is 1. The molecule has 4 nitrogen and oxygen atoms in total. The molecule has 0 spiro atoms. The van der Waals surface area contributed by atoms with Gasteiger partial charge >= 0.3 is 5.69 Å². The number of hydrogen-bond donors (Lipinski definition) is 0. The average molecular weight is 261 g/mol. The number of aryl methyl sites for hydroxylation is 1. The van der Waals surface area contributed by atoms with Crippen LogP contribution in [0.3, 0.4) is 0 Å². The summed E-state index contributed by atoms with van der Waals surface area (Å²) in [6.45, 7) is 2.07. The first-order valence-electron chi connectivity index (χ1n) is 5.69. The predicted molar refractivity (Wildman–Crippen MR) is 68.6 cm³/mol. The molecule has 5 heteroatoms. The fraction of sp³-hybridized carbons (Fsp3) is 0.143. The van der Waals surface area contributed by atoms with E-state index in [1.165, 1.54) is 6.07 Å². The third-order valence-electron chi connectivity index (χ3n) is 2.70. The topological polar surface area (TPSA) is 52.4 Å². The molecule has 19 heavy (non-hydrogen) atoms. The minimum atomic E-state index is -0.851. The van der Waals surface area contributed by atoms with Gasteiger partial charge in [-0.3, -0.25) is 10.1 Å².